The van der Waals surface area contributed by atoms with Crippen LogP contribution in [0.2, 0.25) is 0 Å². The summed E-state index contributed by atoms with van der Waals surface area (Å²) < 4.78 is 45.2. The minimum Gasteiger partial charge on any atom is -0.484 e. The van der Waals surface area contributed by atoms with Gasteiger partial charge in [0.05, 0.1) is 0 Å². The predicted molar refractivity (Wildman–Crippen MR) is 73.7 cm³/mol. The van der Waals surface area contributed by atoms with Crippen LogP contribution in [-0.2, 0) is 9.53 Å². The molecule has 3 N–H and O–H groups in total. The molecule has 1 aromatic carbocycles. The fraction of sp³-hybridized carbons (Fsp3) is 0.417. The zero-order valence-corrected chi connectivity index (χ0v) is 12.0. The normalized spacial score (nSPS) is 12.2. The van der Waals surface area contributed by atoms with E-state index in [0.29, 0.717) is 5.69 Å². The van der Waals surface area contributed by atoms with E-state index in [9.17, 15) is 18.0 Å². The van der Waals surface area contributed by atoms with E-state index in [4.69, 9.17) is 10.5 Å². The molecular weight excluding hydrogens is 313 g/mol. The van der Waals surface area contributed by atoms with Crippen LogP contribution in [0.25, 0.3) is 0 Å². The van der Waals surface area contributed by atoms with Crippen LogP contribution in [-0.4, -0.2) is 38.4 Å². The zero-order valence-electron chi connectivity index (χ0n) is 11.1. The van der Waals surface area contributed by atoms with Crippen molar-refractivity contribution in [1.82, 2.24) is 0 Å². The largest absolute Gasteiger partial charge is 0.484 e. The second-order valence-corrected chi connectivity index (χ2v) is 3.88. The molecule has 1 amide bonds. The van der Waals surface area contributed by atoms with E-state index in [2.05, 4.69) is 10.1 Å². The maximum Gasteiger partial charge on any atom is 0.422 e. The first-order chi connectivity index (χ1) is 9.35. The Kier molecular flexibility index (Phi) is 8.08. The van der Waals surface area contributed by atoms with Gasteiger partial charge < -0.3 is 20.5 Å². The molecule has 1 unspecified atom stereocenters. The van der Waals surface area contributed by atoms with Crippen molar-refractivity contribution in [2.45, 2.75) is 12.3 Å². The third-order valence-corrected chi connectivity index (χ3v) is 2.32. The van der Waals surface area contributed by atoms with E-state index in [0.717, 1.165) is 0 Å². The summed E-state index contributed by atoms with van der Waals surface area (Å²) in [6.45, 7) is -1.34. The summed E-state index contributed by atoms with van der Waals surface area (Å²) in [7, 11) is 1.35. The highest BCUT2D eigenvalue weighted by atomic mass is 35.5. The van der Waals surface area contributed by atoms with Gasteiger partial charge in [-0.25, -0.2) is 0 Å². The fourth-order valence-electron chi connectivity index (χ4n) is 1.33. The zero-order chi connectivity index (χ0) is 15.2. The van der Waals surface area contributed by atoms with Crippen molar-refractivity contribution >= 4 is 24.0 Å². The van der Waals surface area contributed by atoms with Crippen molar-refractivity contribution in [2.24, 2.45) is 5.73 Å². The highest BCUT2D eigenvalue weighted by Gasteiger charge is 2.28. The molecule has 0 heterocycles. The highest BCUT2D eigenvalue weighted by Crippen LogP contribution is 2.20. The third-order valence-electron chi connectivity index (χ3n) is 2.32. The van der Waals surface area contributed by atoms with Crippen LogP contribution in [0, 0.1) is 0 Å². The van der Waals surface area contributed by atoms with Crippen molar-refractivity contribution < 1.29 is 27.4 Å². The van der Waals surface area contributed by atoms with Crippen LogP contribution in [0.1, 0.15) is 0 Å². The lowest BCUT2D eigenvalue weighted by Crippen LogP contribution is -2.35. The number of carbonyl (C=O) groups excluding carboxylic acids is 1. The van der Waals surface area contributed by atoms with E-state index in [1.807, 2.05) is 0 Å². The first-order valence-electron chi connectivity index (χ1n) is 5.69. The predicted octanol–water partition coefficient (Wildman–Crippen LogP) is 1.96. The Morgan fingerprint density at radius 1 is 1.33 bits per heavy atom. The first-order valence-corrected chi connectivity index (χ1v) is 5.69. The average molecular weight is 329 g/mol. The molecule has 0 fully saturated rings. The number of alkyl halides is 3. The molecule has 1 atom stereocenters. The molecule has 0 aliphatic heterocycles. The number of anilines is 1. The van der Waals surface area contributed by atoms with Gasteiger partial charge in [-0.3, -0.25) is 4.79 Å². The maximum absolute atomic E-state index is 12.0. The number of carbonyl (C=O) groups is 1. The molecule has 21 heavy (non-hydrogen) atoms. The Morgan fingerprint density at radius 3 is 2.33 bits per heavy atom. The Labute approximate surface area is 126 Å². The summed E-state index contributed by atoms with van der Waals surface area (Å²) in [6, 6.07) is 5.50. The summed E-state index contributed by atoms with van der Waals surface area (Å²) >= 11 is 0. The summed E-state index contributed by atoms with van der Waals surface area (Å²) in [5.41, 5.74) is 5.74. The van der Waals surface area contributed by atoms with E-state index in [1.165, 1.54) is 31.4 Å². The van der Waals surface area contributed by atoms with Crippen LogP contribution >= 0.6 is 12.4 Å². The topological polar surface area (TPSA) is 73.6 Å². The van der Waals surface area contributed by atoms with Gasteiger partial charge >= 0.3 is 6.18 Å². The van der Waals surface area contributed by atoms with Gasteiger partial charge in [0, 0.05) is 19.3 Å². The molecule has 9 heteroatoms. The number of ether oxygens (including phenoxy) is 2. The van der Waals surface area contributed by atoms with Gasteiger partial charge in [-0.1, -0.05) is 0 Å². The quantitative estimate of drug-likeness (QED) is 0.837. The van der Waals surface area contributed by atoms with Crippen LogP contribution in [0.15, 0.2) is 24.3 Å². The van der Waals surface area contributed by atoms with Crippen molar-refractivity contribution in [1.29, 1.82) is 0 Å². The number of hydrogen-bond donors (Lipinski definition) is 2. The minimum atomic E-state index is -4.39. The van der Waals surface area contributed by atoms with Crippen molar-refractivity contribution in [3.05, 3.63) is 24.3 Å². The van der Waals surface area contributed by atoms with Crippen LogP contribution in [0.5, 0.6) is 5.75 Å². The summed E-state index contributed by atoms with van der Waals surface area (Å²) in [4.78, 5) is 11.6. The van der Waals surface area contributed by atoms with Gasteiger partial charge in [-0.05, 0) is 24.3 Å². The molecule has 1 rings (SSSR count). The summed E-state index contributed by atoms with van der Waals surface area (Å²) in [5, 5.41) is 2.52. The molecule has 1 aromatic rings. The molecule has 0 bridgehead atoms. The Hall–Kier alpha value is -1.51. The summed E-state index contributed by atoms with van der Waals surface area (Å²) in [5.74, 6) is -0.374. The SMILES string of the molecule is COC(CN)C(=O)Nc1ccc(OCC(F)(F)F)cc1.Cl. The molecular formula is C12H16ClF3N2O3. The highest BCUT2D eigenvalue weighted by molar-refractivity contribution is 5.94. The number of methoxy groups -OCH3 is 1. The van der Waals surface area contributed by atoms with Crippen LogP contribution in [0.3, 0.4) is 0 Å². The lowest BCUT2D eigenvalue weighted by atomic mass is 10.2. The third kappa shape index (κ3) is 7.16. The fourth-order valence-corrected chi connectivity index (χ4v) is 1.33. The van der Waals surface area contributed by atoms with Gasteiger partial charge in [0.2, 0.25) is 0 Å². The summed E-state index contributed by atoms with van der Waals surface area (Å²) in [6.07, 6.45) is -5.17. The van der Waals surface area contributed by atoms with Crippen LogP contribution in [0.4, 0.5) is 18.9 Å². The van der Waals surface area contributed by atoms with Crippen molar-refractivity contribution in [2.75, 3.05) is 25.6 Å². The van der Waals surface area contributed by atoms with Gasteiger partial charge in [-0.2, -0.15) is 13.2 Å². The molecule has 0 spiro atoms. The Balaban J connectivity index is 0.00000400. The molecule has 5 nitrogen and oxygen atoms in total. The number of halogens is 4. The van der Waals surface area contributed by atoms with Gasteiger partial charge in [-0.15, -0.1) is 12.4 Å². The smallest absolute Gasteiger partial charge is 0.422 e. The molecule has 120 valence electrons. The van der Waals surface area contributed by atoms with E-state index >= 15 is 0 Å². The van der Waals surface area contributed by atoms with Crippen molar-refractivity contribution in [3.63, 3.8) is 0 Å². The number of nitrogens with one attached hydrogen (secondary N) is 1. The molecule has 0 saturated carbocycles. The van der Waals surface area contributed by atoms with E-state index in [1.54, 1.807) is 0 Å². The molecule has 0 saturated heterocycles. The van der Waals surface area contributed by atoms with E-state index < -0.39 is 24.8 Å². The lowest BCUT2D eigenvalue weighted by Gasteiger charge is -2.13. The number of amides is 1. The first kappa shape index (κ1) is 19.5. The van der Waals surface area contributed by atoms with Gasteiger partial charge in [0.25, 0.3) is 5.91 Å². The maximum atomic E-state index is 12.0. The second kappa shape index (κ2) is 8.71. The molecule has 0 aromatic heterocycles. The van der Waals surface area contributed by atoms with Gasteiger partial charge in [0.15, 0.2) is 6.61 Å². The average Bonchev–Trinajstić information content (AvgIpc) is 2.38. The van der Waals surface area contributed by atoms with Gasteiger partial charge in [0.1, 0.15) is 11.9 Å². The number of nitrogens with two attached hydrogens (primary N) is 1. The van der Waals surface area contributed by atoms with Crippen molar-refractivity contribution in [3.8, 4) is 5.75 Å². The molecule has 0 aliphatic carbocycles. The Morgan fingerprint density at radius 2 is 1.90 bits per heavy atom. The number of benzene rings is 1. The number of rotatable bonds is 6. The second-order valence-electron chi connectivity index (χ2n) is 3.88. The monoisotopic (exact) mass is 328 g/mol. The Bertz CT molecular complexity index is 436. The van der Waals surface area contributed by atoms with Crippen LogP contribution < -0.4 is 15.8 Å². The standard InChI is InChI=1S/C12H15F3N2O3.ClH/c1-19-10(6-16)11(18)17-8-2-4-9(5-3-8)20-7-12(13,14)15;/h2-5,10H,6-7,16H2,1H3,(H,17,18);1H. The molecule has 0 radical (unpaired) electrons. The van der Waals surface area contributed by atoms with E-state index in [-0.39, 0.29) is 24.7 Å². The number of hydrogen-bond acceptors (Lipinski definition) is 4. The minimum absolute atomic E-state index is 0. The lowest BCUT2D eigenvalue weighted by molar-refractivity contribution is -0.153. The molecule has 0 aliphatic rings.